The maximum Gasteiger partial charge on any atom is 0.248 e. The molecule has 1 aromatic heterocycles. The molecule has 156 valence electrons. The number of nitrogens with zero attached hydrogens (tertiary/aromatic N) is 5. The summed E-state index contributed by atoms with van der Waals surface area (Å²) >= 11 is 3.37. The molecular formula is C19H19BrN6O3S. The standard InChI is InChI=1S/C19H19BrN6O3S/c20-15-8-6-14(7-9-15)19-22-24-26(23-19)13-18(27)21-16-4-3-5-17(12-16)30(28,29)25-10-1-2-11-25/h3-9,12H,1-2,10-11,13H2,(H,21,27). The van der Waals surface area contributed by atoms with E-state index in [1.54, 1.807) is 12.1 Å². The molecule has 0 aliphatic carbocycles. The zero-order valence-electron chi connectivity index (χ0n) is 15.9. The lowest BCUT2D eigenvalue weighted by molar-refractivity contribution is -0.117. The second kappa shape index (κ2) is 8.62. The summed E-state index contributed by atoms with van der Waals surface area (Å²) in [7, 11) is -3.55. The van der Waals surface area contributed by atoms with Crippen LogP contribution in [-0.4, -0.2) is 51.9 Å². The van der Waals surface area contributed by atoms with Crippen molar-refractivity contribution >= 4 is 37.5 Å². The zero-order valence-corrected chi connectivity index (χ0v) is 18.3. The van der Waals surface area contributed by atoms with Crippen molar-refractivity contribution in [1.82, 2.24) is 24.5 Å². The molecular weight excluding hydrogens is 472 g/mol. The minimum Gasteiger partial charge on any atom is -0.324 e. The van der Waals surface area contributed by atoms with Crippen molar-refractivity contribution < 1.29 is 13.2 Å². The molecule has 0 unspecified atom stereocenters. The van der Waals surface area contributed by atoms with Crippen LogP contribution in [0.25, 0.3) is 11.4 Å². The quantitative estimate of drug-likeness (QED) is 0.568. The Labute approximate surface area is 182 Å². The Morgan fingerprint density at radius 2 is 1.83 bits per heavy atom. The van der Waals surface area contributed by atoms with Crippen LogP contribution in [0.3, 0.4) is 0 Å². The van der Waals surface area contributed by atoms with Crippen molar-refractivity contribution in [3.05, 3.63) is 53.0 Å². The molecule has 1 saturated heterocycles. The van der Waals surface area contributed by atoms with Gasteiger partial charge in [-0.25, -0.2) is 8.42 Å². The SMILES string of the molecule is O=C(Cn1nnc(-c2ccc(Br)cc2)n1)Nc1cccc(S(=O)(=O)N2CCCC2)c1. The first-order valence-corrected chi connectivity index (χ1v) is 11.6. The molecule has 1 N–H and O–H groups in total. The highest BCUT2D eigenvalue weighted by molar-refractivity contribution is 9.10. The van der Waals surface area contributed by atoms with E-state index in [4.69, 9.17) is 0 Å². The van der Waals surface area contributed by atoms with Gasteiger partial charge in [-0.05, 0) is 60.5 Å². The summed E-state index contributed by atoms with van der Waals surface area (Å²) in [4.78, 5) is 13.7. The van der Waals surface area contributed by atoms with Crippen molar-refractivity contribution in [3.8, 4) is 11.4 Å². The summed E-state index contributed by atoms with van der Waals surface area (Å²) in [6.45, 7) is 0.905. The molecule has 0 atom stereocenters. The van der Waals surface area contributed by atoms with Crippen LogP contribution in [0, 0.1) is 0 Å². The van der Waals surface area contributed by atoms with E-state index in [-0.39, 0.29) is 17.3 Å². The monoisotopic (exact) mass is 490 g/mol. The molecule has 9 nitrogen and oxygen atoms in total. The van der Waals surface area contributed by atoms with Gasteiger partial charge in [0.15, 0.2) is 0 Å². The molecule has 0 radical (unpaired) electrons. The number of aromatic nitrogens is 4. The fraction of sp³-hybridized carbons (Fsp3) is 0.263. The van der Waals surface area contributed by atoms with Gasteiger partial charge in [0.1, 0.15) is 6.54 Å². The number of nitrogens with one attached hydrogen (secondary N) is 1. The molecule has 4 rings (SSSR count). The number of sulfonamides is 1. The molecule has 0 bridgehead atoms. The van der Waals surface area contributed by atoms with Crippen LogP contribution in [0.2, 0.25) is 0 Å². The number of hydrogen-bond donors (Lipinski definition) is 1. The molecule has 2 aromatic carbocycles. The number of tetrazole rings is 1. The fourth-order valence-electron chi connectivity index (χ4n) is 3.17. The van der Waals surface area contributed by atoms with Crippen LogP contribution in [-0.2, 0) is 21.4 Å². The summed E-state index contributed by atoms with van der Waals surface area (Å²) in [5, 5.41) is 14.8. The van der Waals surface area contributed by atoms with Crippen LogP contribution in [0.4, 0.5) is 5.69 Å². The van der Waals surface area contributed by atoms with Gasteiger partial charge in [0.25, 0.3) is 0 Å². The maximum atomic E-state index is 12.7. The number of anilines is 1. The number of carbonyl (C=O) groups is 1. The van der Waals surface area contributed by atoms with Crippen LogP contribution in [0.5, 0.6) is 0 Å². The van der Waals surface area contributed by atoms with E-state index < -0.39 is 10.0 Å². The highest BCUT2D eigenvalue weighted by atomic mass is 79.9. The van der Waals surface area contributed by atoms with E-state index >= 15 is 0 Å². The Morgan fingerprint density at radius 3 is 2.57 bits per heavy atom. The highest BCUT2D eigenvalue weighted by Gasteiger charge is 2.27. The predicted molar refractivity (Wildman–Crippen MR) is 114 cm³/mol. The van der Waals surface area contributed by atoms with Crippen molar-refractivity contribution in [2.24, 2.45) is 0 Å². The number of halogens is 1. The third-order valence-electron chi connectivity index (χ3n) is 4.66. The number of rotatable bonds is 6. The van der Waals surface area contributed by atoms with Gasteiger partial charge < -0.3 is 5.32 Å². The Balaban J connectivity index is 1.43. The van der Waals surface area contributed by atoms with E-state index in [2.05, 4.69) is 36.7 Å². The van der Waals surface area contributed by atoms with E-state index in [0.717, 1.165) is 22.9 Å². The van der Waals surface area contributed by atoms with E-state index in [1.165, 1.54) is 21.2 Å². The van der Waals surface area contributed by atoms with Gasteiger partial charge in [-0.3, -0.25) is 4.79 Å². The molecule has 30 heavy (non-hydrogen) atoms. The van der Waals surface area contributed by atoms with Crippen LogP contribution < -0.4 is 5.32 Å². The van der Waals surface area contributed by atoms with Gasteiger partial charge in [0, 0.05) is 28.8 Å². The van der Waals surface area contributed by atoms with Crippen molar-refractivity contribution in [2.75, 3.05) is 18.4 Å². The number of benzene rings is 2. The average molecular weight is 491 g/mol. The van der Waals surface area contributed by atoms with Crippen molar-refractivity contribution in [3.63, 3.8) is 0 Å². The lowest BCUT2D eigenvalue weighted by Gasteiger charge is -2.16. The van der Waals surface area contributed by atoms with E-state index in [9.17, 15) is 13.2 Å². The van der Waals surface area contributed by atoms with E-state index in [0.29, 0.717) is 24.6 Å². The van der Waals surface area contributed by atoms with Gasteiger partial charge in [-0.2, -0.15) is 9.10 Å². The zero-order chi connectivity index (χ0) is 21.1. The van der Waals surface area contributed by atoms with Gasteiger partial charge in [0.2, 0.25) is 21.8 Å². The smallest absolute Gasteiger partial charge is 0.248 e. The lowest BCUT2D eigenvalue weighted by Crippen LogP contribution is -2.28. The van der Waals surface area contributed by atoms with Crippen molar-refractivity contribution in [1.29, 1.82) is 0 Å². The fourth-order valence-corrected chi connectivity index (χ4v) is 4.99. The first kappa shape index (κ1) is 20.6. The summed E-state index contributed by atoms with van der Waals surface area (Å²) in [6, 6.07) is 13.7. The normalized spacial score (nSPS) is 14.7. The number of hydrogen-bond acceptors (Lipinski definition) is 6. The lowest BCUT2D eigenvalue weighted by atomic mass is 10.2. The molecule has 1 amide bonds. The molecule has 1 fully saturated rings. The Morgan fingerprint density at radius 1 is 1.10 bits per heavy atom. The molecule has 1 aliphatic heterocycles. The summed E-state index contributed by atoms with van der Waals surface area (Å²) in [6.07, 6.45) is 1.73. The summed E-state index contributed by atoms with van der Waals surface area (Å²) in [5.74, 6) is 0.0273. The average Bonchev–Trinajstić information content (AvgIpc) is 3.41. The van der Waals surface area contributed by atoms with Crippen molar-refractivity contribution in [2.45, 2.75) is 24.3 Å². The molecule has 0 spiro atoms. The summed E-state index contributed by atoms with van der Waals surface area (Å²) < 4.78 is 27.8. The topological polar surface area (TPSA) is 110 Å². The highest BCUT2D eigenvalue weighted by Crippen LogP contribution is 2.23. The van der Waals surface area contributed by atoms with Crippen LogP contribution in [0.1, 0.15) is 12.8 Å². The van der Waals surface area contributed by atoms with Gasteiger partial charge in [0.05, 0.1) is 4.90 Å². The Hall–Kier alpha value is -2.63. The van der Waals surface area contributed by atoms with Crippen LogP contribution in [0.15, 0.2) is 57.9 Å². The van der Waals surface area contributed by atoms with Gasteiger partial charge in [-0.1, -0.05) is 22.0 Å². The molecule has 1 aliphatic rings. The molecule has 2 heterocycles. The predicted octanol–water partition coefficient (Wildman–Crippen LogP) is 2.53. The first-order chi connectivity index (χ1) is 14.4. The number of amides is 1. The third-order valence-corrected chi connectivity index (χ3v) is 7.08. The summed E-state index contributed by atoms with van der Waals surface area (Å²) in [5.41, 5.74) is 1.18. The van der Waals surface area contributed by atoms with Gasteiger partial charge >= 0.3 is 0 Å². The minimum atomic E-state index is -3.55. The van der Waals surface area contributed by atoms with Crippen LogP contribution >= 0.6 is 15.9 Å². The minimum absolute atomic E-state index is 0.146. The van der Waals surface area contributed by atoms with E-state index in [1.807, 2.05) is 24.3 Å². The first-order valence-electron chi connectivity index (χ1n) is 9.36. The molecule has 3 aromatic rings. The second-order valence-electron chi connectivity index (χ2n) is 6.84. The molecule has 0 saturated carbocycles. The maximum absolute atomic E-state index is 12.7. The Kier molecular flexibility index (Phi) is 5.93. The molecule has 11 heteroatoms. The largest absolute Gasteiger partial charge is 0.324 e. The third kappa shape index (κ3) is 4.58. The van der Waals surface area contributed by atoms with Gasteiger partial charge in [-0.15, -0.1) is 10.2 Å². The second-order valence-corrected chi connectivity index (χ2v) is 9.69. The Bertz CT molecular complexity index is 1160. The number of carbonyl (C=O) groups excluding carboxylic acids is 1.